The Balaban J connectivity index is 1.46. The van der Waals surface area contributed by atoms with Crippen LogP contribution in [0.4, 0.5) is 4.39 Å². The Kier molecular flexibility index (Phi) is 6.14. The molecule has 0 saturated carbocycles. The molecule has 1 aliphatic rings. The van der Waals surface area contributed by atoms with Crippen molar-refractivity contribution >= 4 is 5.91 Å². The SMILES string of the molecule is CN(C)Cc1ccc2c(c1)CCC(N(C)C(=O)c1ccc(-c3ccccc3F)cn1)C2. The summed E-state index contributed by atoms with van der Waals surface area (Å²) in [6, 6.07) is 16.9. The second-order valence-corrected chi connectivity index (χ2v) is 8.57. The van der Waals surface area contributed by atoms with Crippen LogP contribution in [0.3, 0.4) is 0 Å². The predicted octanol–water partition coefficient (Wildman–Crippen LogP) is 4.58. The number of fused-ring (bicyclic) bond motifs is 1. The zero-order chi connectivity index (χ0) is 22.0. The molecule has 0 bridgehead atoms. The molecule has 4 rings (SSSR count). The van der Waals surface area contributed by atoms with Gasteiger partial charge in [0.15, 0.2) is 0 Å². The van der Waals surface area contributed by atoms with Crippen molar-refractivity contribution in [3.8, 4) is 11.1 Å². The van der Waals surface area contributed by atoms with Gasteiger partial charge in [0.25, 0.3) is 5.91 Å². The maximum Gasteiger partial charge on any atom is 0.272 e. The number of pyridine rings is 1. The van der Waals surface area contributed by atoms with Gasteiger partial charge in [-0.25, -0.2) is 4.39 Å². The standard InChI is InChI=1S/C26H28FN3O/c1-29(2)17-18-8-9-20-15-22(12-10-19(20)14-18)30(3)26(31)25-13-11-21(16-28-25)23-6-4-5-7-24(23)27/h4-9,11,13-14,16,22H,10,12,15,17H2,1-3H3. The van der Waals surface area contributed by atoms with E-state index >= 15 is 0 Å². The highest BCUT2D eigenvalue weighted by atomic mass is 19.1. The zero-order valence-corrected chi connectivity index (χ0v) is 18.3. The molecule has 0 fully saturated rings. The third kappa shape index (κ3) is 4.67. The van der Waals surface area contributed by atoms with E-state index < -0.39 is 0 Å². The van der Waals surface area contributed by atoms with Gasteiger partial charge in [0.1, 0.15) is 11.5 Å². The Bertz CT molecular complexity index is 1080. The quantitative estimate of drug-likeness (QED) is 0.610. The van der Waals surface area contributed by atoms with E-state index in [2.05, 4.69) is 42.2 Å². The second kappa shape index (κ2) is 8.98. The molecule has 160 valence electrons. The molecule has 4 nitrogen and oxygen atoms in total. The summed E-state index contributed by atoms with van der Waals surface area (Å²) in [5.41, 5.74) is 5.57. The highest BCUT2D eigenvalue weighted by Crippen LogP contribution is 2.27. The molecule has 0 saturated heterocycles. The summed E-state index contributed by atoms with van der Waals surface area (Å²) in [6.07, 6.45) is 4.33. The van der Waals surface area contributed by atoms with E-state index in [0.717, 1.165) is 25.8 Å². The smallest absolute Gasteiger partial charge is 0.272 e. The Labute approximate surface area is 183 Å². The van der Waals surface area contributed by atoms with Gasteiger partial charge in [-0.05, 0) is 62.2 Å². The number of amides is 1. The molecule has 0 aliphatic heterocycles. The summed E-state index contributed by atoms with van der Waals surface area (Å²) in [4.78, 5) is 21.3. The Morgan fingerprint density at radius 1 is 1.06 bits per heavy atom. The topological polar surface area (TPSA) is 36.4 Å². The summed E-state index contributed by atoms with van der Waals surface area (Å²) in [7, 11) is 6.00. The van der Waals surface area contributed by atoms with Gasteiger partial charge in [-0.1, -0.05) is 42.5 Å². The van der Waals surface area contributed by atoms with Gasteiger partial charge in [-0.15, -0.1) is 0 Å². The molecule has 3 aromatic rings. The van der Waals surface area contributed by atoms with Gasteiger partial charge in [-0.3, -0.25) is 9.78 Å². The van der Waals surface area contributed by atoms with Crippen LogP contribution < -0.4 is 0 Å². The number of likely N-dealkylation sites (N-methyl/N-ethyl adjacent to an activating group) is 1. The number of benzene rings is 2. The Hall–Kier alpha value is -3.05. The van der Waals surface area contributed by atoms with Crippen molar-refractivity contribution in [3.05, 3.63) is 89.0 Å². The number of halogens is 1. The van der Waals surface area contributed by atoms with Crippen LogP contribution >= 0.6 is 0 Å². The lowest BCUT2D eigenvalue weighted by Crippen LogP contribution is -2.41. The molecule has 0 radical (unpaired) electrons. The molecule has 0 N–H and O–H groups in total. The predicted molar refractivity (Wildman–Crippen MR) is 121 cm³/mol. The van der Waals surface area contributed by atoms with Gasteiger partial charge in [0.05, 0.1) is 0 Å². The number of aromatic nitrogens is 1. The van der Waals surface area contributed by atoms with Crippen molar-refractivity contribution in [1.29, 1.82) is 0 Å². The average Bonchev–Trinajstić information content (AvgIpc) is 2.78. The van der Waals surface area contributed by atoms with E-state index in [9.17, 15) is 9.18 Å². The average molecular weight is 418 g/mol. The molecule has 1 aliphatic carbocycles. The summed E-state index contributed by atoms with van der Waals surface area (Å²) in [5.74, 6) is -0.395. The summed E-state index contributed by atoms with van der Waals surface area (Å²) in [6.45, 7) is 0.934. The molecule has 1 atom stereocenters. The molecular weight excluding hydrogens is 389 g/mol. The minimum atomic E-state index is -0.296. The first-order chi connectivity index (χ1) is 14.9. The molecule has 5 heteroatoms. The molecule has 1 aromatic heterocycles. The Morgan fingerprint density at radius 2 is 1.87 bits per heavy atom. The number of rotatable bonds is 5. The van der Waals surface area contributed by atoms with Gasteiger partial charge < -0.3 is 9.80 Å². The van der Waals surface area contributed by atoms with Crippen molar-refractivity contribution in [2.75, 3.05) is 21.1 Å². The van der Waals surface area contributed by atoms with Crippen LogP contribution in [0.15, 0.2) is 60.8 Å². The maximum atomic E-state index is 14.0. The van der Waals surface area contributed by atoms with Crippen molar-refractivity contribution in [2.45, 2.75) is 31.8 Å². The van der Waals surface area contributed by atoms with E-state index in [1.165, 1.54) is 22.8 Å². The zero-order valence-electron chi connectivity index (χ0n) is 18.3. The van der Waals surface area contributed by atoms with Crippen LogP contribution in [0.25, 0.3) is 11.1 Å². The molecule has 2 aromatic carbocycles. The Morgan fingerprint density at radius 3 is 2.58 bits per heavy atom. The molecule has 0 spiro atoms. The van der Waals surface area contributed by atoms with Crippen LogP contribution in [0.1, 0.15) is 33.6 Å². The highest BCUT2D eigenvalue weighted by molar-refractivity contribution is 5.92. The molecule has 31 heavy (non-hydrogen) atoms. The lowest BCUT2D eigenvalue weighted by molar-refractivity contribution is 0.0713. The fourth-order valence-electron chi connectivity index (χ4n) is 4.30. The van der Waals surface area contributed by atoms with Crippen LogP contribution in [-0.2, 0) is 19.4 Å². The number of carbonyl (C=O) groups excluding carboxylic acids is 1. The number of nitrogens with zero attached hydrogens (tertiary/aromatic N) is 3. The molecule has 1 amide bonds. The molecule has 1 unspecified atom stereocenters. The fourth-order valence-corrected chi connectivity index (χ4v) is 4.30. The van der Waals surface area contributed by atoms with E-state index in [1.54, 1.807) is 36.5 Å². The third-order valence-corrected chi connectivity index (χ3v) is 6.01. The number of aryl methyl sites for hydroxylation is 1. The van der Waals surface area contributed by atoms with Crippen molar-refractivity contribution < 1.29 is 9.18 Å². The number of carbonyl (C=O) groups is 1. The molecular formula is C26H28FN3O. The van der Waals surface area contributed by atoms with E-state index in [1.807, 2.05) is 11.9 Å². The van der Waals surface area contributed by atoms with Gasteiger partial charge >= 0.3 is 0 Å². The lowest BCUT2D eigenvalue weighted by atomic mass is 9.86. The summed E-state index contributed by atoms with van der Waals surface area (Å²) >= 11 is 0. The van der Waals surface area contributed by atoms with E-state index in [0.29, 0.717) is 16.8 Å². The second-order valence-electron chi connectivity index (χ2n) is 8.57. The number of hydrogen-bond acceptors (Lipinski definition) is 3. The minimum Gasteiger partial charge on any atom is -0.337 e. The first-order valence-electron chi connectivity index (χ1n) is 10.7. The summed E-state index contributed by atoms with van der Waals surface area (Å²) in [5, 5.41) is 0. The van der Waals surface area contributed by atoms with Gasteiger partial charge in [-0.2, -0.15) is 0 Å². The fraction of sp³-hybridized carbons (Fsp3) is 0.308. The van der Waals surface area contributed by atoms with E-state index in [4.69, 9.17) is 0 Å². The third-order valence-electron chi connectivity index (χ3n) is 6.01. The lowest BCUT2D eigenvalue weighted by Gasteiger charge is -2.32. The first kappa shape index (κ1) is 21.2. The van der Waals surface area contributed by atoms with Crippen LogP contribution in [0.2, 0.25) is 0 Å². The van der Waals surface area contributed by atoms with Gasteiger partial charge in [0, 0.05) is 37.0 Å². The molecule has 1 heterocycles. The highest BCUT2D eigenvalue weighted by Gasteiger charge is 2.26. The van der Waals surface area contributed by atoms with Crippen LogP contribution in [0.5, 0.6) is 0 Å². The first-order valence-corrected chi connectivity index (χ1v) is 10.7. The van der Waals surface area contributed by atoms with Crippen molar-refractivity contribution in [1.82, 2.24) is 14.8 Å². The maximum absolute atomic E-state index is 14.0. The normalized spacial score (nSPS) is 15.6. The minimum absolute atomic E-state index is 0.0993. The van der Waals surface area contributed by atoms with Crippen LogP contribution in [0, 0.1) is 5.82 Å². The monoisotopic (exact) mass is 417 g/mol. The van der Waals surface area contributed by atoms with Crippen molar-refractivity contribution in [3.63, 3.8) is 0 Å². The largest absolute Gasteiger partial charge is 0.337 e. The van der Waals surface area contributed by atoms with Crippen molar-refractivity contribution in [2.24, 2.45) is 0 Å². The van der Waals surface area contributed by atoms with Crippen LogP contribution in [-0.4, -0.2) is 47.9 Å². The summed E-state index contributed by atoms with van der Waals surface area (Å²) < 4.78 is 14.0. The number of hydrogen-bond donors (Lipinski definition) is 0. The van der Waals surface area contributed by atoms with Gasteiger partial charge in [0.2, 0.25) is 0 Å². The van der Waals surface area contributed by atoms with E-state index in [-0.39, 0.29) is 17.8 Å².